The number of unbranched alkanes of at least 4 members (excludes halogenated alkanes) is 1. The van der Waals surface area contributed by atoms with Gasteiger partial charge in [0.1, 0.15) is 5.82 Å². The monoisotopic (exact) mass is 597 g/mol. The van der Waals surface area contributed by atoms with E-state index >= 15 is 0 Å². The number of thiocarbonyl (C=S) groups is 1. The van der Waals surface area contributed by atoms with Crippen LogP contribution in [0.5, 0.6) is 0 Å². The highest BCUT2D eigenvalue weighted by molar-refractivity contribution is 7.80. The highest BCUT2D eigenvalue weighted by Gasteiger charge is 2.37. The Bertz CT molecular complexity index is 1720. The van der Waals surface area contributed by atoms with Crippen molar-refractivity contribution in [1.82, 2.24) is 24.6 Å². The maximum atomic E-state index is 14.1. The van der Waals surface area contributed by atoms with Crippen LogP contribution in [0.15, 0.2) is 62.6 Å². The molecule has 0 amide bonds. The first kappa shape index (κ1) is 29.2. The SMILES string of the molecule is CCCCc1nc(C)c(CC(=S)N2CC[C@@H]3CCCC[C@H]32)c(=O)n1Cc1ccc(-c2ccccc2-c2noc(=O)[nH]2)cc1. The van der Waals surface area contributed by atoms with Gasteiger partial charge in [0.05, 0.1) is 11.5 Å². The second-order valence-corrected chi connectivity index (χ2v) is 12.4. The molecule has 9 heteroatoms. The highest BCUT2D eigenvalue weighted by atomic mass is 32.1. The highest BCUT2D eigenvalue weighted by Crippen LogP contribution is 2.36. The van der Waals surface area contributed by atoms with Crippen molar-refractivity contribution in [3.63, 3.8) is 0 Å². The van der Waals surface area contributed by atoms with Crippen LogP contribution in [0.3, 0.4) is 0 Å². The summed E-state index contributed by atoms with van der Waals surface area (Å²) in [5, 5.41) is 3.87. The Labute approximate surface area is 257 Å². The third kappa shape index (κ3) is 6.13. The number of fused-ring (bicyclic) bond motifs is 1. The summed E-state index contributed by atoms with van der Waals surface area (Å²) in [6.45, 7) is 5.56. The number of hydrogen-bond acceptors (Lipinski definition) is 6. The molecule has 3 heterocycles. The van der Waals surface area contributed by atoms with Crippen LogP contribution in [0.1, 0.15) is 74.5 Å². The predicted octanol–water partition coefficient (Wildman–Crippen LogP) is 6.09. The molecule has 2 aliphatic rings. The van der Waals surface area contributed by atoms with Gasteiger partial charge in [-0.1, -0.05) is 92.1 Å². The van der Waals surface area contributed by atoms with Crippen molar-refractivity contribution in [2.24, 2.45) is 5.92 Å². The molecule has 224 valence electrons. The normalized spacial score (nSPS) is 18.1. The molecule has 0 unspecified atom stereocenters. The summed E-state index contributed by atoms with van der Waals surface area (Å²) in [6.07, 6.45) is 9.54. The van der Waals surface area contributed by atoms with E-state index in [2.05, 4.69) is 22.0 Å². The lowest BCUT2D eigenvalue weighted by Crippen LogP contribution is -2.40. The summed E-state index contributed by atoms with van der Waals surface area (Å²) in [5.41, 5.74) is 5.23. The molecule has 4 aromatic rings. The van der Waals surface area contributed by atoms with E-state index in [1.807, 2.05) is 60.0 Å². The molecule has 1 saturated carbocycles. The van der Waals surface area contributed by atoms with Crippen molar-refractivity contribution in [2.75, 3.05) is 6.54 Å². The third-order valence-electron chi connectivity index (χ3n) is 9.19. The van der Waals surface area contributed by atoms with E-state index in [9.17, 15) is 9.59 Å². The molecule has 1 aliphatic carbocycles. The molecule has 1 saturated heterocycles. The van der Waals surface area contributed by atoms with Crippen LogP contribution in [0.25, 0.3) is 22.5 Å². The summed E-state index contributed by atoms with van der Waals surface area (Å²) in [6, 6.07) is 16.4. The number of hydrogen-bond donors (Lipinski definition) is 1. The standard InChI is InChI=1S/C34H39N5O3S/c1-3-4-13-30-35-22(2)28(20-31(43)38-19-18-25-9-5-8-12-29(25)38)33(40)39(30)21-23-14-16-24(17-15-23)26-10-6-7-11-27(26)32-36-34(41)42-37-32/h6-7,10-11,14-17,25,29H,3-5,8-9,12-13,18-21H2,1-2H3,(H,36,37,41)/t25-,29+/m0/s1. The van der Waals surface area contributed by atoms with Gasteiger partial charge in [-0.25, -0.2) is 9.78 Å². The fourth-order valence-corrected chi connectivity index (χ4v) is 7.25. The predicted molar refractivity (Wildman–Crippen MR) is 172 cm³/mol. The molecule has 0 spiro atoms. The van der Waals surface area contributed by atoms with Gasteiger partial charge in [-0.15, -0.1) is 0 Å². The smallest absolute Gasteiger partial charge is 0.363 e. The second kappa shape index (κ2) is 12.8. The van der Waals surface area contributed by atoms with Crippen molar-refractivity contribution in [1.29, 1.82) is 0 Å². The zero-order chi connectivity index (χ0) is 29.9. The second-order valence-electron chi connectivity index (χ2n) is 11.9. The summed E-state index contributed by atoms with van der Waals surface area (Å²) in [7, 11) is 0. The number of aromatic amines is 1. The number of nitrogens with zero attached hydrogens (tertiary/aromatic N) is 4. The lowest BCUT2D eigenvalue weighted by molar-refractivity contribution is 0.254. The van der Waals surface area contributed by atoms with Crippen molar-refractivity contribution < 1.29 is 4.52 Å². The number of benzene rings is 2. The van der Waals surface area contributed by atoms with E-state index < -0.39 is 5.76 Å². The minimum atomic E-state index is -0.588. The number of rotatable bonds is 9. The molecule has 43 heavy (non-hydrogen) atoms. The van der Waals surface area contributed by atoms with E-state index in [1.165, 1.54) is 32.1 Å². The first-order valence-electron chi connectivity index (χ1n) is 15.6. The molecular formula is C34H39N5O3S. The van der Waals surface area contributed by atoms with Gasteiger partial charge in [-0.3, -0.25) is 18.9 Å². The lowest BCUT2D eigenvalue weighted by Gasteiger charge is -2.33. The van der Waals surface area contributed by atoms with Crippen LogP contribution in [-0.4, -0.2) is 42.2 Å². The van der Waals surface area contributed by atoms with E-state index in [-0.39, 0.29) is 5.56 Å². The van der Waals surface area contributed by atoms with Gasteiger partial charge in [-0.05, 0) is 55.2 Å². The largest absolute Gasteiger partial charge is 0.439 e. The molecule has 0 bridgehead atoms. The molecule has 6 rings (SSSR count). The van der Waals surface area contributed by atoms with Gasteiger partial charge in [0.2, 0.25) is 0 Å². The van der Waals surface area contributed by atoms with Crippen molar-refractivity contribution >= 4 is 17.2 Å². The molecule has 1 aliphatic heterocycles. The topological polar surface area (TPSA) is 97.0 Å². The number of aryl methyl sites for hydroxylation is 2. The maximum absolute atomic E-state index is 14.1. The Balaban J connectivity index is 1.27. The van der Waals surface area contributed by atoms with Crippen molar-refractivity contribution in [2.45, 2.75) is 84.2 Å². The van der Waals surface area contributed by atoms with Crippen LogP contribution in [-0.2, 0) is 19.4 Å². The van der Waals surface area contributed by atoms with Gasteiger partial charge in [0.25, 0.3) is 5.56 Å². The Hall–Kier alpha value is -3.85. The molecule has 2 fully saturated rings. The molecular weight excluding hydrogens is 558 g/mol. The summed E-state index contributed by atoms with van der Waals surface area (Å²) < 4.78 is 6.59. The molecule has 8 nitrogen and oxygen atoms in total. The zero-order valence-corrected chi connectivity index (χ0v) is 25.8. The Kier molecular flexibility index (Phi) is 8.70. The molecule has 0 radical (unpaired) electrons. The fourth-order valence-electron chi connectivity index (χ4n) is 6.88. The van der Waals surface area contributed by atoms with Gasteiger partial charge in [0, 0.05) is 42.2 Å². The first-order valence-corrected chi connectivity index (χ1v) is 16.0. The Morgan fingerprint density at radius 1 is 1.05 bits per heavy atom. The molecule has 1 N–H and O–H groups in total. The van der Waals surface area contributed by atoms with Gasteiger partial charge < -0.3 is 4.90 Å². The zero-order valence-electron chi connectivity index (χ0n) is 25.0. The van der Waals surface area contributed by atoms with Gasteiger partial charge in [-0.2, -0.15) is 0 Å². The summed E-state index contributed by atoms with van der Waals surface area (Å²) in [5.74, 6) is 1.37. The van der Waals surface area contributed by atoms with Crippen molar-refractivity contribution in [3.8, 4) is 22.5 Å². The van der Waals surface area contributed by atoms with E-state index in [1.54, 1.807) is 0 Å². The number of aromatic nitrogens is 4. The van der Waals surface area contributed by atoms with Crippen LogP contribution >= 0.6 is 12.2 Å². The maximum Gasteiger partial charge on any atom is 0.439 e. The fraction of sp³-hybridized carbons (Fsp3) is 0.441. The Morgan fingerprint density at radius 2 is 1.81 bits per heavy atom. The van der Waals surface area contributed by atoms with Crippen LogP contribution in [0.4, 0.5) is 0 Å². The van der Waals surface area contributed by atoms with Crippen LogP contribution in [0.2, 0.25) is 0 Å². The molecule has 2 atom stereocenters. The van der Waals surface area contributed by atoms with Gasteiger partial charge >= 0.3 is 5.76 Å². The van der Waals surface area contributed by atoms with E-state index in [0.29, 0.717) is 24.8 Å². The average molecular weight is 598 g/mol. The number of nitrogens with one attached hydrogen (secondary N) is 1. The molecule has 2 aromatic carbocycles. The van der Waals surface area contributed by atoms with Gasteiger partial charge in [0.15, 0.2) is 5.82 Å². The lowest BCUT2D eigenvalue weighted by atomic mass is 9.85. The van der Waals surface area contributed by atoms with Crippen LogP contribution < -0.4 is 11.3 Å². The van der Waals surface area contributed by atoms with Crippen LogP contribution in [0, 0.1) is 12.8 Å². The van der Waals surface area contributed by atoms with E-state index in [0.717, 1.165) is 76.0 Å². The number of likely N-dealkylation sites (tertiary alicyclic amines) is 1. The summed E-state index contributed by atoms with van der Waals surface area (Å²) >= 11 is 5.99. The first-order chi connectivity index (χ1) is 20.9. The number of H-pyrrole nitrogens is 1. The summed E-state index contributed by atoms with van der Waals surface area (Å²) in [4.78, 5) is 36.6. The molecule has 2 aromatic heterocycles. The minimum Gasteiger partial charge on any atom is -0.363 e. The Morgan fingerprint density at radius 3 is 2.56 bits per heavy atom. The third-order valence-corrected chi connectivity index (χ3v) is 9.57. The van der Waals surface area contributed by atoms with Crippen molar-refractivity contribution in [3.05, 3.63) is 92.1 Å². The minimum absolute atomic E-state index is 0.0183. The average Bonchev–Trinajstić information content (AvgIpc) is 3.66. The van der Waals surface area contributed by atoms with E-state index in [4.69, 9.17) is 21.7 Å². The quantitative estimate of drug-likeness (QED) is 0.233.